The molecule has 0 aliphatic carbocycles. The van der Waals surface area contributed by atoms with E-state index in [9.17, 15) is 32.3 Å². The molecule has 2 aliphatic heterocycles. The number of anilines is 1. The Hall–Kier alpha value is -3.32. The Bertz CT molecular complexity index is 1300. The number of thiazole rings is 1. The van der Waals surface area contributed by atoms with Crippen LogP contribution < -0.4 is 4.90 Å². The monoisotopic (exact) mass is 509 g/mol. The van der Waals surface area contributed by atoms with Crippen LogP contribution in [0.15, 0.2) is 29.6 Å². The number of fused-ring (bicyclic) bond motifs is 1. The standard InChI is InChI=1S/C22H19F4N5O3S/c1-11-17-18(31-9-14(32)8-16(31)33)28-19(20-27-15(10-35-20)22(24,25)26)30(17)7-6-29(11)21(34)12-2-4-13(23)5-3-12/h2-5,10-11,14,32H,6-9H2,1H3/t11-,14+/m0/s1. The molecule has 0 spiro atoms. The molecule has 1 N–H and O–H groups in total. The number of carbonyl (C=O) groups is 2. The van der Waals surface area contributed by atoms with Crippen LogP contribution in [0, 0.1) is 5.82 Å². The molecule has 2 amide bonds. The van der Waals surface area contributed by atoms with Gasteiger partial charge < -0.3 is 14.6 Å². The number of nitrogens with zero attached hydrogens (tertiary/aromatic N) is 5. The second kappa shape index (κ2) is 8.41. The molecule has 3 aromatic rings. The van der Waals surface area contributed by atoms with Crippen molar-refractivity contribution in [1.82, 2.24) is 19.4 Å². The summed E-state index contributed by atoms with van der Waals surface area (Å²) >= 11 is 0.783. The number of imidazole rings is 1. The molecule has 0 unspecified atom stereocenters. The molecule has 35 heavy (non-hydrogen) atoms. The van der Waals surface area contributed by atoms with E-state index in [0.29, 0.717) is 5.69 Å². The Labute approximate surface area is 200 Å². The lowest BCUT2D eigenvalue weighted by Crippen LogP contribution is -2.42. The number of aromatic nitrogens is 3. The van der Waals surface area contributed by atoms with Crippen LogP contribution in [0.2, 0.25) is 0 Å². The van der Waals surface area contributed by atoms with Gasteiger partial charge in [0.25, 0.3) is 5.91 Å². The van der Waals surface area contributed by atoms with E-state index in [1.165, 1.54) is 34.1 Å². The van der Waals surface area contributed by atoms with Crippen LogP contribution in [-0.2, 0) is 17.5 Å². The topological polar surface area (TPSA) is 91.6 Å². The molecular weight excluding hydrogens is 490 g/mol. The van der Waals surface area contributed by atoms with Gasteiger partial charge in [0, 0.05) is 24.0 Å². The maximum absolute atomic E-state index is 13.3. The number of β-amino-alcohol motifs (C(OH)–C–C–N with tert-alkyl or cyclic N) is 1. The van der Waals surface area contributed by atoms with Crippen LogP contribution in [0.1, 0.15) is 41.1 Å². The van der Waals surface area contributed by atoms with Gasteiger partial charge in [0.1, 0.15) is 5.82 Å². The predicted molar refractivity (Wildman–Crippen MR) is 117 cm³/mol. The molecule has 1 aromatic carbocycles. The minimum absolute atomic E-state index is 0.0212. The number of amides is 2. The Morgan fingerprint density at radius 2 is 1.89 bits per heavy atom. The van der Waals surface area contributed by atoms with E-state index in [4.69, 9.17) is 0 Å². The number of aliphatic hydroxyl groups is 1. The SMILES string of the molecule is C[C@H]1c2c(N3C[C@H](O)CC3=O)nc(-c3nc(C(F)(F)F)cs3)n2CCN1C(=O)c1ccc(F)cc1. The van der Waals surface area contributed by atoms with E-state index in [-0.39, 0.29) is 60.1 Å². The maximum Gasteiger partial charge on any atom is 0.434 e. The van der Waals surface area contributed by atoms with Crippen molar-refractivity contribution in [3.8, 4) is 10.8 Å². The molecule has 4 heterocycles. The average Bonchev–Trinajstić information content (AvgIpc) is 3.50. The lowest BCUT2D eigenvalue weighted by molar-refractivity contribution is -0.140. The molecule has 1 saturated heterocycles. The molecule has 5 rings (SSSR count). The summed E-state index contributed by atoms with van der Waals surface area (Å²) in [6.07, 6.45) is -5.63. The zero-order valence-electron chi connectivity index (χ0n) is 18.3. The summed E-state index contributed by atoms with van der Waals surface area (Å²) in [7, 11) is 0. The van der Waals surface area contributed by atoms with Crippen molar-refractivity contribution in [1.29, 1.82) is 0 Å². The van der Waals surface area contributed by atoms with E-state index in [2.05, 4.69) is 9.97 Å². The third-order valence-corrected chi connectivity index (χ3v) is 6.95. The number of aliphatic hydroxyl groups excluding tert-OH is 1. The van der Waals surface area contributed by atoms with Gasteiger partial charge in [-0.3, -0.25) is 14.5 Å². The fraction of sp³-hybridized carbons (Fsp3) is 0.364. The lowest BCUT2D eigenvalue weighted by atomic mass is 10.1. The third kappa shape index (κ3) is 4.08. The summed E-state index contributed by atoms with van der Waals surface area (Å²) in [5.41, 5.74) is -0.315. The van der Waals surface area contributed by atoms with Crippen molar-refractivity contribution in [2.45, 2.75) is 38.2 Å². The fourth-order valence-electron chi connectivity index (χ4n) is 4.44. The molecule has 1 fully saturated rings. The van der Waals surface area contributed by atoms with Gasteiger partial charge in [-0.25, -0.2) is 14.4 Å². The van der Waals surface area contributed by atoms with Gasteiger partial charge in [-0.1, -0.05) is 0 Å². The Morgan fingerprint density at radius 3 is 2.49 bits per heavy atom. The van der Waals surface area contributed by atoms with E-state index >= 15 is 0 Å². The van der Waals surface area contributed by atoms with Gasteiger partial charge in [0.05, 0.1) is 30.8 Å². The van der Waals surface area contributed by atoms with Gasteiger partial charge in [-0.05, 0) is 31.2 Å². The van der Waals surface area contributed by atoms with Gasteiger partial charge in [0.2, 0.25) is 5.91 Å². The first kappa shape index (κ1) is 23.4. The highest BCUT2D eigenvalue weighted by molar-refractivity contribution is 7.13. The average molecular weight is 509 g/mol. The van der Waals surface area contributed by atoms with Crippen LogP contribution in [0.3, 0.4) is 0 Å². The summed E-state index contributed by atoms with van der Waals surface area (Å²) in [4.78, 5) is 36.8. The fourth-order valence-corrected chi connectivity index (χ4v) is 5.26. The molecule has 2 atom stereocenters. The molecule has 13 heteroatoms. The zero-order valence-corrected chi connectivity index (χ0v) is 19.1. The Balaban J connectivity index is 1.59. The van der Waals surface area contributed by atoms with Crippen molar-refractivity contribution < 1.29 is 32.3 Å². The molecule has 0 saturated carbocycles. The van der Waals surface area contributed by atoms with Gasteiger partial charge in [-0.2, -0.15) is 13.2 Å². The highest BCUT2D eigenvalue weighted by atomic mass is 32.1. The van der Waals surface area contributed by atoms with Crippen LogP contribution in [-0.4, -0.2) is 55.5 Å². The van der Waals surface area contributed by atoms with Crippen LogP contribution in [0.25, 0.3) is 10.8 Å². The Morgan fingerprint density at radius 1 is 1.17 bits per heavy atom. The zero-order chi connectivity index (χ0) is 25.1. The van der Waals surface area contributed by atoms with E-state index in [1.54, 1.807) is 11.5 Å². The number of hydrogen-bond donors (Lipinski definition) is 1. The Kier molecular flexibility index (Phi) is 5.63. The second-order valence-corrected chi connectivity index (χ2v) is 9.23. The highest BCUT2D eigenvalue weighted by Gasteiger charge is 2.40. The normalized spacial score (nSPS) is 20.5. The molecular formula is C22H19F4N5O3S. The minimum Gasteiger partial charge on any atom is -0.391 e. The third-order valence-electron chi connectivity index (χ3n) is 6.11. The molecule has 0 radical (unpaired) electrons. The molecule has 2 aromatic heterocycles. The first-order chi connectivity index (χ1) is 16.5. The van der Waals surface area contributed by atoms with Crippen molar-refractivity contribution in [3.63, 3.8) is 0 Å². The van der Waals surface area contributed by atoms with Gasteiger partial charge in [0.15, 0.2) is 22.3 Å². The van der Waals surface area contributed by atoms with E-state index in [1.807, 2.05) is 0 Å². The number of carbonyl (C=O) groups excluding carboxylic acids is 2. The summed E-state index contributed by atoms with van der Waals surface area (Å²) in [6, 6.07) is 4.49. The summed E-state index contributed by atoms with van der Waals surface area (Å²) in [5.74, 6) is -0.890. The number of benzene rings is 1. The van der Waals surface area contributed by atoms with Crippen molar-refractivity contribution in [3.05, 3.63) is 52.4 Å². The van der Waals surface area contributed by atoms with Crippen LogP contribution >= 0.6 is 11.3 Å². The first-order valence-corrected chi connectivity index (χ1v) is 11.6. The molecule has 184 valence electrons. The summed E-state index contributed by atoms with van der Waals surface area (Å²) in [6.45, 7) is 2.11. The summed E-state index contributed by atoms with van der Waals surface area (Å²) in [5, 5.41) is 10.9. The van der Waals surface area contributed by atoms with Crippen molar-refractivity contribution in [2.75, 3.05) is 18.0 Å². The molecule has 0 bridgehead atoms. The van der Waals surface area contributed by atoms with E-state index in [0.717, 1.165) is 16.7 Å². The largest absolute Gasteiger partial charge is 0.434 e. The predicted octanol–water partition coefficient (Wildman–Crippen LogP) is 3.48. The second-order valence-electron chi connectivity index (χ2n) is 8.38. The first-order valence-electron chi connectivity index (χ1n) is 10.7. The van der Waals surface area contributed by atoms with Crippen molar-refractivity contribution in [2.24, 2.45) is 0 Å². The number of hydrogen-bond acceptors (Lipinski definition) is 6. The quantitative estimate of drug-likeness (QED) is 0.546. The van der Waals surface area contributed by atoms with Crippen molar-refractivity contribution >= 4 is 29.0 Å². The van der Waals surface area contributed by atoms with Crippen LogP contribution in [0.4, 0.5) is 23.4 Å². The lowest BCUT2D eigenvalue weighted by Gasteiger charge is -2.36. The number of alkyl halides is 3. The highest BCUT2D eigenvalue weighted by Crippen LogP contribution is 2.41. The van der Waals surface area contributed by atoms with Gasteiger partial charge in [-0.15, -0.1) is 11.3 Å². The van der Waals surface area contributed by atoms with E-state index < -0.39 is 29.8 Å². The number of halogens is 4. The van der Waals surface area contributed by atoms with Crippen LogP contribution in [0.5, 0.6) is 0 Å². The molecule has 2 aliphatic rings. The molecule has 8 nitrogen and oxygen atoms in total. The smallest absolute Gasteiger partial charge is 0.391 e. The number of rotatable bonds is 3. The summed E-state index contributed by atoms with van der Waals surface area (Å²) < 4.78 is 54.5. The maximum atomic E-state index is 13.3. The van der Waals surface area contributed by atoms with Gasteiger partial charge >= 0.3 is 6.18 Å². The minimum atomic E-state index is -4.62.